The maximum absolute atomic E-state index is 13.5. The lowest BCUT2D eigenvalue weighted by molar-refractivity contribution is -0.385. The number of benzene rings is 1. The van der Waals surface area contributed by atoms with Crippen molar-refractivity contribution in [3.8, 4) is 0 Å². The average Bonchev–Trinajstić information content (AvgIpc) is 2.55. The lowest BCUT2D eigenvalue weighted by Gasteiger charge is -2.36. The average molecular weight is 302 g/mol. The van der Waals surface area contributed by atoms with Crippen molar-refractivity contribution in [1.29, 1.82) is 0 Å². The summed E-state index contributed by atoms with van der Waals surface area (Å²) >= 11 is 0. The van der Waals surface area contributed by atoms with Crippen LogP contribution in [0.4, 0.5) is 21.6 Å². The molecule has 0 radical (unpaired) electrons. The molecule has 3 rings (SSSR count). The molecule has 0 unspecified atom stereocenters. The van der Waals surface area contributed by atoms with Gasteiger partial charge in [-0.15, -0.1) is 0 Å². The predicted octanol–water partition coefficient (Wildman–Crippen LogP) is 2.46. The first-order valence-electron chi connectivity index (χ1n) is 6.99. The molecule has 0 spiro atoms. The fourth-order valence-electron chi connectivity index (χ4n) is 2.58. The van der Waals surface area contributed by atoms with Crippen LogP contribution in [0.3, 0.4) is 0 Å². The molecule has 2 aromatic rings. The van der Waals surface area contributed by atoms with Crippen LogP contribution < -0.4 is 9.80 Å². The lowest BCUT2D eigenvalue weighted by atomic mass is 10.2. The first-order chi connectivity index (χ1) is 10.6. The first-order valence-corrected chi connectivity index (χ1v) is 6.99. The van der Waals surface area contributed by atoms with E-state index in [0.717, 1.165) is 25.0 Å². The molecular formula is C15H15FN4O2. The van der Waals surface area contributed by atoms with Gasteiger partial charge in [-0.1, -0.05) is 6.07 Å². The van der Waals surface area contributed by atoms with Gasteiger partial charge in [-0.2, -0.15) is 0 Å². The van der Waals surface area contributed by atoms with Gasteiger partial charge < -0.3 is 9.80 Å². The molecule has 7 heteroatoms. The van der Waals surface area contributed by atoms with Crippen LogP contribution >= 0.6 is 0 Å². The fourth-order valence-corrected chi connectivity index (χ4v) is 2.58. The quantitative estimate of drug-likeness (QED) is 0.644. The molecule has 1 aromatic carbocycles. The third-order valence-electron chi connectivity index (χ3n) is 3.70. The summed E-state index contributed by atoms with van der Waals surface area (Å²) in [4.78, 5) is 18.7. The number of halogens is 1. The van der Waals surface area contributed by atoms with E-state index < -0.39 is 10.7 Å². The number of anilines is 2. The Bertz CT molecular complexity index is 672. The minimum atomic E-state index is -0.587. The van der Waals surface area contributed by atoms with Crippen molar-refractivity contribution in [3.63, 3.8) is 0 Å². The SMILES string of the molecule is O=[N+]([O-])c1cc(F)cc(N2CCN(c3ccccn3)CC2)c1. The van der Waals surface area contributed by atoms with Crippen molar-refractivity contribution in [3.05, 3.63) is 58.5 Å². The number of non-ortho nitro benzene ring substituents is 1. The van der Waals surface area contributed by atoms with E-state index in [-0.39, 0.29) is 5.69 Å². The lowest BCUT2D eigenvalue weighted by Crippen LogP contribution is -2.46. The summed E-state index contributed by atoms with van der Waals surface area (Å²) in [6.45, 7) is 2.80. The monoisotopic (exact) mass is 302 g/mol. The molecular weight excluding hydrogens is 287 g/mol. The van der Waals surface area contributed by atoms with Gasteiger partial charge in [-0.3, -0.25) is 10.1 Å². The zero-order valence-corrected chi connectivity index (χ0v) is 11.9. The molecule has 0 saturated carbocycles. The van der Waals surface area contributed by atoms with Gasteiger partial charge in [-0.05, 0) is 18.2 Å². The summed E-state index contributed by atoms with van der Waals surface area (Å²) in [5.74, 6) is 0.323. The highest BCUT2D eigenvalue weighted by Crippen LogP contribution is 2.25. The van der Waals surface area contributed by atoms with Crippen LogP contribution in [0.5, 0.6) is 0 Å². The zero-order chi connectivity index (χ0) is 15.5. The molecule has 1 aromatic heterocycles. The largest absolute Gasteiger partial charge is 0.368 e. The highest BCUT2D eigenvalue weighted by atomic mass is 19.1. The van der Waals surface area contributed by atoms with Crippen LogP contribution in [0, 0.1) is 15.9 Å². The molecule has 1 aliphatic rings. The minimum absolute atomic E-state index is 0.220. The van der Waals surface area contributed by atoms with E-state index in [2.05, 4.69) is 9.88 Å². The molecule has 2 heterocycles. The topological polar surface area (TPSA) is 62.5 Å². The van der Waals surface area contributed by atoms with Crippen LogP contribution in [0.25, 0.3) is 0 Å². The van der Waals surface area contributed by atoms with Gasteiger partial charge in [0.05, 0.1) is 11.0 Å². The van der Waals surface area contributed by atoms with Crippen LogP contribution in [0.1, 0.15) is 0 Å². The van der Waals surface area contributed by atoms with Crippen molar-refractivity contribution in [1.82, 2.24) is 4.98 Å². The second-order valence-corrected chi connectivity index (χ2v) is 5.09. The van der Waals surface area contributed by atoms with Crippen molar-refractivity contribution >= 4 is 17.2 Å². The van der Waals surface area contributed by atoms with E-state index >= 15 is 0 Å². The normalized spacial score (nSPS) is 15.0. The highest BCUT2D eigenvalue weighted by Gasteiger charge is 2.20. The zero-order valence-electron chi connectivity index (χ0n) is 11.9. The van der Waals surface area contributed by atoms with Crippen molar-refractivity contribution in [2.24, 2.45) is 0 Å². The van der Waals surface area contributed by atoms with Gasteiger partial charge in [-0.25, -0.2) is 9.37 Å². The fraction of sp³-hybridized carbons (Fsp3) is 0.267. The van der Waals surface area contributed by atoms with Gasteiger partial charge >= 0.3 is 0 Å². The van der Waals surface area contributed by atoms with E-state index in [4.69, 9.17) is 0 Å². The third kappa shape index (κ3) is 2.98. The third-order valence-corrected chi connectivity index (χ3v) is 3.70. The van der Waals surface area contributed by atoms with E-state index in [1.165, 1.54) is 12.1 Å². The van der Waals surface area contributed by atoms with Crippen LogP contribution in [0.15, 0.2) is 42.6 Å². The molecule has 0 bridgehead atoms. The van der Waals surface area contributed by atoms with Gasteiger partial charge in [0, 0.05) is 44.1 Å². The molecule has 1 fully saturated rings. The number of aromatic nitrogens is 1. The molecule has 0 atom stereocenters. The Morgan fingerprint density at radius 1 is 1.09 bits per heavy atom. The summed E-state index contributed by atoms with van der Waals surface area (Å²) in [7, 11) is 0. The van der Waals surface area contributed by atoms with Gasteiger partial charge in [0.2, 0.25) is 0 Å². The summed E-state index contributed by atoms with van der Waals surface area (Å²) in [6.07, 6.45) is 1.75. The Morgan fingerprint density at radius 3 is 2.45 bits per heavy atom. The standard InChI is InChI=1S/C15H15FN4O2/c16-12-9-13(11-14(10-12)20(21)22)18-5-7-19(8-6-18)15-3-1-2-4-17-15/h1-4,9-11H,5-8H2. The Labute approximate surface area is 127 Å². The Balaban J connectivity index is 1.73. The number of nitro groups is 1. The van der Waals surface area contributed by atoms with Crippen LogP contribution in [-0.2, 0) is 0 Å². The summed E-state index contributed by atoms with van der Waals surface area (Å²) in [6, 6.07) is 9.44. The molecule has 22 heavy (non-hydrogen) atoms. The van der Waals surface area contributed by atoms with E-state index in [1.807, 2.05) is 23.1 Å². The summed E-state index contributed by atoms with van der Waals surface area (Å²) in [5.41, 5.74) is 0.328. The molecule has 0 N–H and O–H groups in total. The van der Waals surface area contributed by atoms with Gasteiger partial charge in [0.15, 0.2) is 0 Å². The second-order valence-electron chi connectivity index (χ2n) is 5.09. The van der Waals surface area contributed by atoms with Crippen molar-refractivity contribution in [2.75, 3.05) is 36.0 Å². The van der Waals surface area contributed by atoms with Crippen molar-refractivity contribution < 1.29 is 9.31 Å². The number of pyridine rings is 1. The molecule has 114 valence electrons. The number of nitro benzene ring substituents is 1. The van der Waals surface area contributed by atoms with E-state index in [0.29, 0.717) is 18.8 Å². The smallest absolute Gasteiger partial charge is 0.274 e. The number of hydrogen-bond acceptors (Lipinski definition) is 5. The summed E-state index contributed by atoms with van der Waals surface area (Å²) < 4.78 is 13.5. The summed E-state index contributed by atoms with van der Waals surface area (Å²) in [5, 5.41) is 10.8. The van der Waals surface area contributed by atoms with E-state index in [9.17, 15) is 14.5 Å². The maximum Gasteiger partial charge on any atom is 0.274 e. The Hall–Kier alpha value is -2.70. The molecule has 0 amide bonds. The Morgan fingerprint density at radius 2 is 1.82 bits per heavy atom. The van der Waals surface area contributed by atoms with Gasteiger partial charge in [0.1, 0.15) is 11.6 Å². The van der Waals surface area contributed by atoms with Gasteiger partial charge in [0.25, 0.3) is 5.69 Å². The molecule has 0 aliphatic carbocycles. The highest BCUT2D eigenvalue weighted by molar-refractivity contribution is 5.55. The number of rotatable bonds is 3. The molecule has 1 saturated heterocycles. The van der Waals surface area contributed by atoms with Crippen LogP contribution in [0.2, 0.25) is 0 Å². The van der Waals surface area contributed by atoms with Crippen LogP contribution in [-0.4, -0.2) is 36.1 Å². The molecule has 6 nitrogen and oxygen atoms in total. The number of nitrogens with zero attached hydrogens (tertiary/aromatic N) is 4. The number of piperazine rings is 1. The first kappa shape index (κ1) is 14.2. The number of hydrogen-bond donors (Lipinski definition) is 0. The maximum atomic E-state index is 13.5. The second kappa shape index (κ2) is 5.97. The Kier molecular flexibility index (Phi) is 3.86. The van der Waals surface area contributed by atoms with E-state index in [1.54, 1.807) is 6.20 Å². The minimum Gasteiger partial charge on any atom is -0.368 e. The predicted molar refractivity (Wildman–Crippen MR) is 81.7 cm³/mol. The molecule has 1 aliphatic heterocycles. The van der Waals surface area contributed by atoms with Crippen molar-refractivity contribution in [2.45, 2.75) is 0 Å².